The van der Waals surface area contributed by atoms with E-state index >= 15 is 0 Å². The first-order valence-electron chi connectivity index (χ1n) is 4.18. The molecule has 0 aliphatic carbocycles. The maximum atomic E-state index is 11.0. The lowest BCUT2D eigenvalue weighted by molar-refractivity contribution is 0.0527. The number of amides is 1. The molecular weight excluding hydrogens is 168 g/mol. The average molecular weight is 184 g/mol. The summed E-state index contributed by atoms with van der Waals surface area (Å²) in [7, 11) is 0. The molecule has 0 bridgehead atoms. The quantitative estimate of drug-likeness (QED) is 0.665. The van der Waals surface area contributed by atoms with Gasteiger partial charge in [0.25, 0.3) is 0 Å². The number of carbonyl (C=O) groups is 1. The second-order valence-electron chi connectivity index (χ2n) is 3.86. The largest absolute Gasteiger partial charge is 0.444 e. The van der Waals surface area contributed by atoms with Gasteiger partial charge in [-0.05, 0) is 20.8 Å². The third-order valence-electron chi connectivity index (χ3n) is 1.16. The Kier molecular flexibility index (Phi) is 4.26. The molecule has 0 aromatic heterocycles. The van der Waals surface area contributed by atoms with Crippen LogP contribution in [0.15, 0.2) is 0 Å². The van der Waals surface area contributed by atoms with Crippen LogP contribution in [0, 0.1) is 6.57 Å². The monoisotopic (exact) mass is 184 g/mol. The van der Waals surface area contributed by atoms with Crippen LogP contribution in [-0.2, 0) is 4.74 Å². The zero-order valence-corrected chi connectivity index (χ0v) is 8.55. The van der Waals surface area contributed by atoms with Gasteiger partial charge >= 0.3 is 6.09 Å². The lowest BCUT2D eigenvalue weighted by Gasteiger charge is -2.19. The van der Waals surface area contributed by atoms with E-state index in [1.165, 1.54) is 0 Å². The first-order valence-corrected chi connectivity index (χ1v) is 4.18. The number of alkyl carbamates (subject to hydrolysis) is 1. The first-order chi connectivity index (χ1) is 5.85. The molecule has 0 saturated heterocycles. The molecule has 0 aliphatic heterocycles. The summed E-state index contributed by atoms with van der Waals surface area (Å²) in [6.45, 7) is 14.1. The van der Waals surface area contributed by atoms with Gasteiger partial charge in [-0.2, -0.15) is 0 Å². The molecule has 0 aromatic rings. The highest BCUT2D eigenvalue weighted by Crippen LogP contribution is 2.06. The number of nitrogens with one attached hydrogen (secondary N) is 1. The van der Waals surface area contributed by atoms with E-state index in [9.17, 15) is 4.79 Å². The van der Waals surface area contributed by atoms with Crippen molar-refractivity contribution in [1.29, 1.82) is 0 Å². The van der Waals surface area contributed by atoms with E-state index in [0.717, 1.165) is 0 Å². The molecule has 0 aromatic carbocycles. The smallest absolute Gasteiger partial charge is 0.407 e. The van der Waals surface area contributed by atoms with Crippen molar-refractivity contribution in [3.05, 3.63) is 11.4 Å². The summed E-state index contributed by atoms with van der Waals surface area (Å²) < 4.78 is 4.98. The summed E-state index contributed by atoms with van der Waals surface area (Å²) in [4.78, 5) is 14.3. The lowest BCUT2D eigenvalue weighted by atomic mass is 10.2. The fraction of sp³-hybridized carbons (Fsp3) is 0.778. The van der Waals surface area contributed by atoms with Gasteiger partial charge in [0.1, 0.15) is 5.60 Å². The maximum absolute atomic E-state index is 11.0. The molecule has 1 amide bonds. The number of rotatable bonds is 2. The molecule has 0 rings (SSSR count). The minimum atomic E-state index is -0.481. The molecule has 0 fully saturated rings. The molecule has 0 unspecified atom stereocenters. The van der Waals surface area contributed by atoms with Gasteiger partial charge in [-0.1, -0.05) is 0 Å². The van der Waals surface area contributed by atoms with Crippen molar-refractivity contribution in [2.75, 3.05) is 6.54 Å². The van der Waals surface area contributed by atoms with Gasteiger partial charge in [0.15, 0.2) is 0 Å². The zero-order valence-electron chi connectivity index (χ0n) is 8.55. The van der Waals surface area contributed by atoms with E-state index in [-0.39, 0.29) is 6.04 Å². The minimum absolute atomic E-state index is 0.201. The van der Waals surface area contributed by atoms with Crippen LogP contribution in [0.5, 0.6) is 0 Å². The van der Waals surface area contributed by atoms with Crippen LogP contribution in [-0.4, -0.2) is 24.3 Å². The maximum Gasteiger partial charge on any atom is 0.407 e. The van der Waals surface area contributed by atoms with Crippen molar-refractivity contribution < 1.29 is 9.53 Å². The Bertz CT molecular complexity index is 213. The Labute approximate surface area is 79.1 Å². The fourth-order valence-corrected chi connectivity index (χ4v) is 0.591. The summed E-state index contributed by atoms with van der Waals surface area (Å²) >= 11 is 0. The molecule has 74 valence electrons. The van der Waals surface area contributed by atoms with E-state index in [0.29, 0.717) is 6.54 Å². The predicted molar refractivity (Wildman–Crippen MR) is 50.3 cm³/mol. The third-order valence-corrected chi connectivity index (χ3v) is 1.16. The summed E-state index contributed by atoms with van der Waals surface area (Å²) in [6, 6.07) is -0.201. The number of nitrogens with zero attached hydrogens (tertiary/aromatic N) is 1. The lowest BCUT2D eigenvalue weighted by Crippen LogP contribution is -2.35. The number of hydrogen-bond acceptors (Lipinski definition) is 2. The van der Waals surface area contributed by atoms with Crippen molar-refractivity contribution >= 4 is 6.09 Å². The molecule has 4 heteroatoms. The number of hydrogen-bond donors (Lipinski definition) is 1. The van der Waals surface area contributed by atoms with Crippen LogP contribution in [0.25, 0.3) is 4.85 Å². The van der Waals surface area contributed by atoms with Gasteiger partial charge in [-0.3, -0.25) is 0 Å². The van der Waals surface area contributed by atoms with Gasteiger partial charge in [-0.25, -0.2) is 11.4 Å². The molecule has 0 spiro atoms. The molecule has 1 N–H and O–H groups in total. The second-order valence-corrected chi connectivity index (χ2v) is 3.86. The summed E-state index contributed by atoms with van der Waals surface area (Å²) in [5, 5.41) is 2.51. The van der Waals surface area contributed by atoms with Crippen LogP contribution in [0.1, 0.15) is 27.7 Å². The minimum Gasteiger partial charge on any atom is -0.444 e. The Morgan fingerprint density at radius 3 is 2.54 bits per heavy atom. The molecule has 1 atom stereocenters. The van der Waals surface area contributed by atoms with Crippen molar-refractivity contribution in [1.82, 2.24) is 5.32 Å². The molecule has 0 heterocycles. The van der Waals surface area contributed by atoms with E-state index in [1.54, 1.807) is 27.7 Å². The van der Waals surface area contributed by atoms with Gasteiger partial charge in [0.2, 0.25) is 6.04 Å². The summed E-state index contributed by atoms with van der Waals surface area (Å²) in [6.07, 6.45) is -0.469. The summed E-state index contributed by atoms with van der Waals surface area (Å²) in [5.74, 6) is 0. The molecule has 0 radical (unpaired) electrons. The van der Waals surface area contributed by atoms with Gasteiger partial charge in [-0.15, -0.1) is 0 Å². The highest BCUT2D eigenvalue weighted by Gasteiger charge is 2.16. The number of ether oxygens (including phenoxy) is 1. The average Bonchev–Trinajstić information content (AvgIpc) is 1.97. The molecule has 0 aliphatic rings. The first kappa shape index (κ1) is 11.8. The number of carbonyl (C=O) groups excluding carboxylic acids is 1. The topological polar surface area (TPSA) is 42.7 Å². The molecule has 13 heavy (non-hydrogen) atoms. The Balaban J connectivity index is 3.72. The Morgan fingerprint density at radius 1 is 1.62 bits per heavy atom. The predicted octanol–water partition coefficient (Wildman–Crippen LogP) is 1.82. The Hall–Kier alpha value is -1.24. The van der Waals surface area contributed by atoms with Crippen LogP contribution >= 0.6 is 0 Å². The fourth-order valence-electron chi connectivity index (χ4n) is 0.591. The van der Waals surface area contributed by atoms with E-state index < -0.39 is 11.7 Å². The zero-order chi connectivity index (χ0) is 10.5. The molecule has 4 nitrogen and oxygen atoms in total. The third kappa shape index (κ3) is 7.13. The highest BCUT2D eigenvalue weighted by atomic mass is 16.6. The standard InChI is InChI=1S/C9H16N2O2/c1-7(10-5)6-11-8(12)13-9(2,3)4/h7H,6H2,1-4H3,(H,11,12)/t7-/m0/s1. The van der Waals surface area contributed by atoms with Gasteiger partial charge in [0, 0.05) is 6.92 Å². The van der Waals surface area contributed by atoms with Crippen molar-refractivity contribution in [2.45, 2.75) is 39.3 Å². The molecular formula is C9H16N2O2. The van der Waals surface area contributed by atoms with Crippen LogP contribution in [0.2, 0.25) is 0 Å². The van der Waals surface area contributed by atoms with Gasteiger partial charge < -0.3 is 14.9 Å². The van der Waals surface area contributed by atoms with Crippen molar-refractivity contribution in [3.63, 3.8) is 0 Å². The van der Waals surface area contributed by atoms with E-state index in [2.05, 4.69) is 10.2 Å². The van der Waals surface area contributed by atoms with Crippen LogP contribution in [0.3, 0.4) is 0 Å². The normalized spacial score (nSPS) is 12.8. The highest BCUT2D eigenvalue weighted by molar-refractivity contribution is 5.67. The summed E-state index contributed by atoms with van der Waals surface area (Å²) in [5.41, 5.74) is -0.481. The van der Waals surface area contributed by atoms with Crippen LogP contribution < -0.4 is 5.32 Å². The Morgan fingerprint density at radius 2 is 2.15 bits per heavy atom. The van der Waals surface area contributed by atoms with Gasteiger partial charge in [0.05, 0.1) is 6.54 Å². The van der Waals surface area contributed by atoms with E-state index in [1.807, 2.05) is 0 Å². The second kappa shape index (κ2) is 4.70. The van der Waals surface area contributed by atoms with E-state index in [4.69, 9.17) is 11.3 Å². The van der Waals surface area contributed by atoms with Crippen molar-refractivity contribution in [2.24, 2.45) is 0 Å². The molecule has 0 saturated carbocycles. The van der Waals surface area contributed by atoms with Crippen molar-refractivity contribution in [3.8, 4) is 0 Å². The van der Waals surface area contributed by atoms with Crippen LogP contribution in [0.4, 0.5) is 4.79 Å². The SMILES string of the molecule is [C-]#[N+][C@@H](C)CNC(=O)OC(C)(C)C.